The van der Waals surface area contributed by atoms with Crippen LogP contribution in [0.25, 0.3) is 0 Å². The van der Waals surface area contributed by atoms with Gasteiger partial charge in [0.05, 0.1) is 13.0 Å². The molecular weight excluding hydrogens is 307 g/mol. The van der Waals surface area contributed by atoms with Crippen molar-refractivity contribution in [3.05, 3.63) is 65.5 Å². The molecule has 0 unspecified atom stereocenters. The van der Waals surface area contributed by atoms with E-state index in [9.17, 15) is 9.18 Å². The lowest BCUT2D eigenvalue weighted by Gasteiger charge is -2.20. The summed E-state index contributed by atoms with van der Waals surface area (Å²) in [6.45, 7) is 1.78. The van der Waals surface area contributed by atoms with Crippen molar-refractivity contribution in [1.29, 1.82) is 0 Å². The van der Waals surface area contributed by atoms with E-state index in [0.717, 1.165) is 23.4 Å². The molecule has 2 aromatic rings. The van der Waals surface area contributed by atoms with Crippen LogP contribution < -0.4 is 15.4 Å². The van der Waals surface area contributed by atoms with Crippen molar-refractivity contribution in [2.75, 3.05) is 20.2 Å². The van der Waals surface area contributed by atoms with Gasteiger partial charge in [-0.15, -0.1) is 0 Å². The third-order valence-corrected chi connectivity index (χ3v) is 4.47. The van der Waals surface area contributed by atoms with Crippen LogP contribution in [0.3, 0.4) is 0 Å². The van der Waals surface area contributed by atoms with E-state index in [4.69, 9.17) is 4.74 Å². The predicted molar refractivity (Wildman–Crippen MR) is 90.3 cm³/mol. The van der Waals surface area contributed by atoms with Gasteiger partial charge in [0, 0.05) is 25.6 Å². The molecule has 1 aliphatic heterocycles. The van der Waals surface area contributed by atoms with E-state index >= 15 is 0 Å². The van der Waals surface area contributed by atoms with Crippen molar-refractivity contribution >= 4 is 5.91 Å². The summed E-state index contributed by atoms with van der Waals surface area (Å²) in [5.74, 6) is 0.459. The minimum atomic E-state index is -0.277. The fraction of sp³-hybridized carbons (Fsp3) is 0.316. The third-order valence-electron chi connectivity index (χ3n) is 4.47. The molecule has 1 fully saturated rings. The normalized spacial score (nSPS) is 19.9. The molecule has 0 aliphatic carbocycles. The van der Waals surface area contributed by atoms with Gasteiger partial charge in [0.1, 0.15) is 11.6 Å². The largest absolute Gasteiger partial charge is 0.496 e. The van der Waals surface area contributed by atoms with Gasteiger partial charge in [-0.2, -0.15) is 0 Å². The molecule has 5 heteroatoms. The first-order chi connectivity index (χ1) is 11.7. The molecule has 1 heterocycles. The number of rotatable bonds is 5. The molecule has 4 nitrogen and oxygen atoms in total. The van der Waals surface area contributed by atoms with Crippen LogP contribution in [0.4, 0.5) is 4.39 Å². The van der Waals surface area contributed by atoms with E-state index in [1.807, 2.05) is 24.3 Å². The number of para-hydroxylation sites is 1. The van der Waals surface area contributed by atoms with Crippen molar-refractivity contribution in [2.45, 2.75) is 12.5 Å². The van der Waals surface area contributed by atoms with Crippen LogP contribution in [0.5, 0.6) is 5.75 Å². The molecule has 1 amide bonds. The number of carbonyl (C=O) groups excluding carboxylic acids is 1. The fourth-order valence-electron chi connectivity index (χ4n) is 3.18. The molecule has 0 spiro atoms. The zero-order valence-electron chi connectivity index (χ0n) is 13.6. The second-order valence-corrected chi connectivity index (χ2v) is 5.96. The van der Waals surface area contributed by atoms with E-state index in [1.54, 1.807) is 19.2 Å². The Bertz CT molecular complexity index is 703. The Kier molecular flexibility index (Phi) is 5.11. The molecule has 126 valence electrons. The molecule has 2 aromatic carbocycles. The Hall–Kier alpha value is -2.40. The summed E-state index contributed by atoms with van der Waals surface area (Å²) in [6, 6.07) is 14.0. The summed E-state index contributed by atoms with van der Waals surface area (Å²) in [7, 11) is 1.64. The number of ether oxygens (including phenoxy) is 1. The smallest absolute Gasteiger partial charge is 0.225 e. The van der Waals surface area contributed by atoms with Crippen LogP contribution >= 0.6 is 0 Å². The number of methoxy groups -OCH3 is 1. The van der Waals surface area contributed by atoms with Gasteiger partial charge in [0.2, 0.25) is 5.91 Å². The van der Waals surface area contributed by atoms with Crippen molar-refractivity contribution < 1.29 is 13.9 Å². The minimum Gasteiger partial charge on any atom is -0.496 e. The Morgan fingerprint density at radius 1 is 1.21 bits per heavy atom. The van der Waals surface area contributed by atoms with Crippen molar-refractivity contribution in [3.63, 3.8) is 0 Å². The van der Waals surface area contributed by atoms with Crippen LogP contribution in [0.15, 0.2) is 48.5 Å². The zero-order valence-corrected chi connectivity index (χ0v) is 13.6. The van der Waals surface area contributed by atoms with E-state index in [0.29, 0.717) is 13.1 Å². The van der Waals surface area contributed by atoms with Crippen LogP contribution in [0, 0.1) is 11.7 Å². The molecular formula is C19H21FN2O2. The number of carbonyl (C=O) groups is 1. The van der Waals surface area contributed by atoms with E-state index in [2.05, 4.69) is 10.6 Å². The second-order valence-electron chi connectivity index (χ2n) is 5.96. The molecule has 0 saturated carbocycles. The van der Waals surface area contributed by atoms with Crippen LogP contribution in [0.2, 0.25) is 0 Å². The number of amides is 1. The van der Waals surface area contributed by atoms with E-state index in [-0.39, 0.29) is 23.6 Å². The monoisotopic (exact) mass is 328 g/mol. The van der Waals surface area contributed by atoms with Gasteiger partial charge < -0.3 is 15.4 Å². The highest BCUT2D eigenvalue weighted by atomic mass is 19.1. The Balaban J connectivity index is 1.68. The van der Waals surface area contributed by atoms with Crippen LogP contribution in [-0.2, 0) is 11.3 Å². The number of benzene rings is 2. The van der Waals surface area contributed by atoms with Crippen molar-refractivity contribution in [2.24, 2.45) is 5.92 Å². The highest BCUT2D eigenvalue weighted by molar-refractivity contribution is 5.80. The lowest BCUT2D eigenvalue weighted by molar-refractivity contribution is -0.125. The first kappa shape index (κ1) is 16.5. The van der Waals surface area contributed by atoms with Gasteiger partial charge in [-0.1, -0.05) is 30.3 Å². The van der Waals surface area contributed by atoms with E-state index < -0.39 is 0 Å². The lowest BCUT2D eigenvalue weighted by Crippen LogP contribution is -2.34. The summed E-state index contributed by atoms with van der Waals surface area (Å²) >= 11 is 0. The van der Waals surface area contributed by atoms with Crippen molar-refractivity contribution in [3.8, 4) is 5.75 Å². The molecule has 0 aromatic heterocycles. The van der Waals surface area contributed by atoms with Gasteiger partial charge in [-0.25, -0.2) is 4.39 Å². The summed E-state index contributed by atoms with van der Waals surface area (Å²) in [5.41, 5.74) is 1.93. The summed E-state index contributed by atoms with van der Waals surface area (Å²) in [4.78, 5) is 12.6. The second kappa shape index (κ2) is 7.45. The number of halogens is 1. The van der Waals surface area contributed by atoms with Gasteiger partial charge in [-0.05, 0) is 29.3 Å². The molecule has 1 saturated heterocycles. The number of nitrogens with one attached hydrogen (secondary N) is 2. The number of hydrogen-bond acceptors (Lipinski definition) is 3. The topological polar surface area (TPSA) is 50.4 Å². The standard InChI is InChI=1S/C19H21FN2O2/c1-24-18-5-3-2-4-15(18)16-11-21-12-17(16)19(23)22-10-13-6-8-14(20)9-7-13/h2-9,16-17,21H,10-12H2,1H3,(H,22,23)/t16-,17-/m1/s1. The first-order valence-corrected chi connectivity index (χ1v) is 8.05. The van der Waals surface area contributed by atoms with Crippen LogP contribution in [0.1, 0.15) is 17.0 Å². The van der Waals surface area contributed by atoms with E-state index in [1.165, 1.54) is 12.1 Å². The van der Waals surface area contributed by atoms with Gasteiger partial charge >= 0.3 is 0 Å². The zero-order chi connectivity index (χ0) is 16.9. The molecule has 24 heavy (non-hydrogen) atoms. The molecule has 3 rings (SSSR count). The van der Waals surface area contributed by atoms with Gasteiger partial charge in [0.15, 0.2) is 0 Å². The molecule has 2 N–H and O–H groups in total. The quantitative estimate of drug-likeness (QED) is 0.886. The number of hydrogen-bond donors (Lipinski definition) is 2. The third kappa shape index (κ3) is 3.57. The maximum atomic E-state index is 12.9. The predicted octanol–water partition coefficient (Wildman–Crippen LogP) is 2.45. The lowest BCUT2D eigenvalue weighted by atomic mass is 9.87. The first-order valence-electron chi connectivity index (χ1n) is 8.05. The highest BCUT2D eigenvalue weighted by Gasteiger charge is 2.35. The Labute approximate surface area is 141 Å². The average molecular weight is 328 g/mol. The maximum Gasteiger partial charge on any atom is 0.225 e. The summed E-state index contributed by atoms with van der Waals surface area (Å²) in [6.07, 6.45) is 0. The molecule has 0 radical (unpaired) electrons. The molecule has 2 atom stereocenters. The maximum absolute atomic E-state index is 12.9. The molecule has 1 aliphatic rings. The summed E-state index contributed by atoms with van der Waals surface area (Å²) < 4.78 is 18.4. The van der Waals surface area contributed by atoms with Gasteiger partial charge in [0.25, 0.3) is 0 Å². The Morgan fingerprint density at radius 3 is 2.71 bits per heavy atom. The summed E-state index contributed by atoms with van der Waals surface area (Å²) in [5, 5.41) is 6.25. The van der Waals surface area contributed by atoms with Crippen molar-refractivity contribution in [1.82, 2.24) is 10.6 Å². The fourth-order valence-corrected chi connectivity index (χ4v) is 3.18. The highest BCUT2D eigenvalue weighted by Crippen LogP contribution is 2.34. The Morgan fingerprint density at radius 2 is 1.96 bits per heavy atom. The van der Waals surface area contributed by atoms with Gasteiger partial charge in [-0.3, -0.25) is 4.79 Å². The van der Waals surface area contributed by atoms with Crippen LogP contribution in [-0.4, -0.2) is 26.1 Å². The molecule has 0 bridgehead atoms. The average Bonchev–Trinajstić information content (AvgIpc) is 3.10. The SMILES string of the molecule is COc1ccccc1[C@H]1CNC[C@H]1C(=O)NCc1ccc(F)cc1. The minimum absolute atomic E-state index is 0.000214.